The minimum atomic E-state index is 0.0454. The third kappa shape index (κ3) is 3.05. The zero-order valence-corrected chi connectivity index (χ0v) is 12.5. The van der Waals surface area contributed by atoms with E-state index in [0.29, 0.717) is 12.3 Å². The molecule has 1 unspecified atom stereocenters. The van der Waals surface area contributed by atoms with Crippen molar-refractivity contribution >= 4 is 5.91 Å². The molecule has 0 bridgehead atoms. The third-order valence-corrected chi connectivity index (χ3v) is 4.68. The van der Waals surface area contributed by atoms with Gasteiger partial charge in [0.25, 0.3) is 0 Å². The second-order valence-electron chi connectivity index (χ2n) is 7.25. The number of rotatable bonds is 4. The van der Waals surface area contributed by atoms with Crippen molar-refractivity contribution in [2.24, 2.45) is 11.3 Å². The van der Waals surface area contributed by atoms with Crippen LogP contribution < -0.4 is 0 Å². The van der Waals surface area contributed by atoms with Gasteiger partial charge in [-0.15, -0.1) is 0 Å². The van der Waals surface area contributed by atoms with Gasteiger partial charge in [0.05, 0.1) is 18.1 Å². The molecule has 0 aromatic heterocycles. The highest BCUT2D eigenvalue weighted by atomic mass is 16.5. The highest BCUT2D eigenvalue weighted by Gasteiger charge is 2.41. The van der Waals surface area contributed by atoms with Crippen LogP contribution in [-0.2, 0) is 9.53 Å². The van der Waals surface area contributed by atoms with Crippen LogP contribution in [0.1, 0.15) is 53.9 Å². The van der Waals surface area contributed by atoms with Crippen LogP contribution in [0, 0.1) is 11.3 Å². The molecule has 1 saturated heterocycles. The summed E-state index contributed by atoms with van der Waals surface area (Å²) in [5.74, 6) is 0.836. The standard InChI is InChI=1S/C15H27NO2/c1-11-9-16(10-14(11,3)4)13(17)8-12(2)18-15(5)6-7-15/h11-12H,6-10H2,1-5H3/t11?,12-/m1/s1. The smallest absolute Gasteiger partial charge is 0.225 e. The molecule has 1 saturated carbocycles. The summed E-state index contributed by atoms with van der Waals surface area (Å²) in [5, 5.41) is 0. The molecule has 18 heavy (non-hydrogen) atoms. The maximum atomic E-state index is 12.2. The lowest BCUT2D eigenvalue weighted by atomic mass is 9.84. The Labute approximate surface area is 111 Å². The minimum Gasteiger partial charge on any atom is -0.372 e. The molecular formula is C15H27NO2. The first kappa shape index (κ1) is 13.9. The molecule has 3 heteroatoms. The molecule has 1 heterocycles. The van der Waals surface area contributed by atoms with Gasteiger partial charge in [-0.3, -0.25) is 4.79 Å². The largest absolute Gasteiger partial charge is 0.372 e. The molecule has 0 spiro atoms. The van der Waals surface area contributed by atoms with E-state index in [1.54, 1.807) is 0 Å². The van der Waals surface area contributed by atoms with E-state index in [2.05, 4.69) is 27.7 Å². The Balaban J connectivity index is 1.81. The van der Waals surface area contributed by atoms with Crippen molar-refractivity contribution in [3.63, 3.8) is 0 Å². The van der Waals surface area contributed by atoms with Crippen molar-refractivity contribution in [1.29, 1.82) is 0 Å². The molecule has 2 fully saturated rings. The molecule has 2 rings (SSSR count). The van der Waals surface area contributed by atoms with Gasteiger partial charge < -0.3 is 9.64 Å². The van der Waals surface area contributed by atoms with Gasteiger partial charge in [0.1, 0.15) is 0 Å². The lowest BCUT2D eigenvalue weighted by Gasteiger charge is -2.23. The van der Waals surface area contributed by atoms with E-state index in [-0.39, 0.29) is 23.0 Å². The van der Waals surface area contributed by atoms with E-state index in [4.69, 9.17) is 4.74 Å². The van der Waals surface area contributed by atoms with Gasteiger partial charge in [-0.1, -0.05) is 20.8 Å². The number of carbonyl (C=O) groups excluding carboxylic acids is 1. The summed E-state index contributed by atoms with van der Waals surface area (Å²) in [7, 11) is 0. The fourth-order valence-corrected chi connectivity index (χ4v) is 2.68. The summed E-state index contributed by atoms with van der Waals surface area (Å²) < 4.78 is 5.91. The van der Waals surface area contributed by atoms with Crippen LogP contribution >= 0.6 is 0 Å². The van der Waals surface area contributed by atoms with Gasteiger partial charge in [-0.2, -0.15) is 0 Å². The maximum absolute atomic E-state index is 12.2. The predicted molar refractivity (Wildman–Crippen MR) is 72.3 cm³/mol. The van der Waals surface area contributed by atoms with Crippen molar-refractivity contribution in [1.82, 2.24) is 4.90 Å². The lowest BCUT2D eigenvalue weighted by molar-refractivity contribution is -0.134. The lowest BCUT2D eigenvalue weighted by Crippen LogP contribution is -2.33. The molecule has 0 radical (unpaired) electrons. The van der Waals surface area contributed by atoms with Crippen molar-refractivity contribution in [3.8, 4) is 0 Å². The second-order valence-corrected chi connectivity index (χ2v) is 7.25. The second kappa shape index (κ2) is 4.52. The van der Waals surface area contributed by atoms with Crippen molar-refractivity contribution in [2.45, 2.75) is 65.6 Å². The zero-order chi connectivity index (χ0) is 13.6. The number of ether oxygens (including phenoxy) is 1. The van der Waals surface area contributed by atoms with Crippen molar-refractivity contribution in [2.75, 3.05) is 13.1 Å². The predicted octanol–water partition coefficient (Wildman–Crippen LogP) is 2.84. The van der Waals surface area contributed by atoms with Gasteiger partial charge in [-0.05, 0) is 38.0 Å². The van der Waals surface area contributed by atoms with E-state index in [1.165, 1.54) is 0 Å². The monoisotopic (exact) mass is 253 g/mol. The summed E-state index contributed by atoms with van der Waals surface area (Å²) >= 11 is 0. The Kier molecular flexibility index (Phi) is 3.48. The minimum absolute atomic E-state index is 0.0454. The molecule has 1 aliphatic heterocycles. The van der Waals surface area contributed by atoms with E-state index in [9.17, 15) is 4.79 Å². The Hall–Kier alpha value is -0.570. The molecule has 0 N–H and O–H groups in total. The number of amides is 1. The number of hydrogen-bond donors (Lipinski definition) is 0. The number of nitrogens with zero attached hydrogens (tertiary/aromatic N) is 1. The zero-order valence-electron chi connectivity index (χ0n) is 12.5. The molecule has 1 amide bonds. The van der Waals surface area contributed by atoms with Crippen LogP contribution in [-0.4, -0.2) is 35.6 Å². The molecule has 0 aromatic carbocycles. The van der Waals surface area contributed by atoms with E-state index < -0.39 is 0 Å². The maximum Gasteiger partial charge on any atom is 0.225 e. The highest BCUT2D eigenvalue weighted by molar-refractivity contribution is 5.77. The Morgan fingerprint density at radius 3 is 2.44 bits per heavy atom. The van der Waals surface area contributed by atoms with E-state index in [0.717, 1.165) is 25.9 Å². The van der Waals surface area contributed by atoms with Gasteiger partial charge >= 0.3 is 0 Å². The van der Waals surface area contributed by atoms with Crippen LogP contribution in [0.5, 0.6) is 0 Å². The first-order chi connectivity index (χ1) is 8.22. The number of likely N-dealkylation sites (tertiary alicyclic amines) is 1. The summed E-state index contributed by atoms with van der Waals surface area (Å²) in [6.45, 7) is 12.7. The van der Waals surface area contributed by atoms with Gasteiger partial charge in [-0.25, -0.2) is 0 Å². The molecule has 0 aromatic rings. The van der Waals surface area contributed by atoms with Crippen LogP contribution in [0.15, 0.2) is 0 Å². The summed E-state index contributed by atoms with van der Waals surface area (Å²) in [6.07, 6.45) is 2.85. The highest BCUT2D eigenvalue weighted by Crippen LogP contribution is 2.40. The molecule has 1 aliphatic carbocycles. The molecule has 3 nitrogen and oxygen atoms in total. The fourth-order valence-electron chi connectivity index (χ4n) is 2.68. The van der Waals surface area contributed by atoms with Crippen LogP contribution in [0.25, 0.3) is 0 Å². The first-order valence-electron chi connectivity index (χ1n) is 7.17. The summed E-state index contributed by atoms with van der Waals surface area (Å²) in [5.41, 5.74) is 0.319. The van der Waals surface area contributed by atoms with Crippen molar-refractivity contribution in [3.05, 3.63) is 0 Å². The Morgan fingerprint density at radius 1 is 1.39 bits per heavy atom. The fraction of sp³-hybridized carbons (Fsp3) is 0.933. The number of hydrogen-bond acceptors (Lipinski definition) is 2. The van der Waals surface area contributed by atoms with Crippen LogP contribution in [0.2, 0.25) is 0 Å². The summed E-state index contributed by atoms with van der Waals surface area (Å²) in [4.78, 5) is 14.3. The Morgan fingerprint density at radius 2 is 2.00 bits per heavy atom. The normalized spacial score (nSPS) is 30.3. The van der Waals surface area contributed by atoms with Crippen LogP contribution in [0.4, 0.5) is 0 Å². The SMILES string of the molecule is CC1CN(C(=O)C[C@@H](C)OC2(C)CC2)CC1(C)C. The third-order valence-electron chi connectivity index (χ3n) is 4.68. The Bertz CT molecular complexity index is 333. The van der Waals surface area contributed by atoms with Gasteiger partial charge in [0.2, 0.25) is 5.91 Å². The van der Waals surface area contributed by atoms with E-state index >= 15 is 0 Å². The average molecular weight is 253 g/mol. The van der Waals surface area contributed by atoms with Gasteiger partial charge in [0, 0.05) is 13.1 Å². The number of carbonyl (C=O) groups is 1. The average Bonchev–Trinajstić information content (AvgIpc) is 2.86. The summed E-state index contributed by atoms with van der Waals surface area (Å²) in [6, 6.07) is 0. The quantitative estimate of drug-likeness (QED) is 0.771. The molecule has 2 atom stereocenters. The van der Waals surface area contributed by atoms with Gasteiger partial charge in [0.15, 0.2) is 0 Å². The van der Waals surface area contributed by atoms with Crippen molar-refractivity contribution < 1.29 is 9.53 Å². The first-order valence-corrected chi connectivity index (χ1v) is 7.17. The molecule has 104 valence electrons. The topological polar surface area (TPSA) is 29.5 Å². The van der Waals surface area contributed by atoms with E-state index in [1.807, 2.05) is 11.8 Å². The molecule has 2 aliphatic rings. The van der Waals surface area contributed by atoms with Crippen LogP contribution in [0.3, 0.4) is 0 Å². The molecular weight excluding hydrogens is 226 g/mol.